The number of aromatic nitrogens is 2. The smallest absolute Gasteiger partial charge is 0.222 e. The van der Waals surface area contributed by atoms with E-state index in [0.717, 1.165) is 27.7 Å². The van der Waals surface area contributed by atoms with Crippen molar-refractivity contribution < 1.29 is 24.2 Å². The van der Waals surface area contributed by atoms with E-state index in [1.165, 1.54) is 0 Å². The highest BCUT2D eigenvalue weighted by Crippen LogP contribution is 2.40. The molecule has 7 N–H and O–H groups in total. The SMILES string of the molecule is COc1cc(NCc2ccc3nc(N)nc(N)c3c2C)cc(OC)c1OC.C[S+](C)[O-].O. The van der Waals surface area contributed by atoms with Crippen LogP contribution in [-0.4, -0.2) is 53.8 Å². The van der Waals surface area contributed by atoms with Crippen molar-refractivity contribution in [1.82, 2.24) is 9.97 Å². The zero-order valence-electron chi connectivity index (χ0n) is 19.1. The molecule has 10 nitrogen and oxygen atoms in total. The summed E-state index contributed by atoms with van der Waals surface area (Å²) < 4.78 is 25.7. The van der Waals surface area contributed by atoms with Gasteiger partial charge in [0.05, 0.1) is 39.4 Å². The topological polar surface area (TPSA) is 172 Å². The summed E-state index contributed by atoms with van der Waals surface area (Å²) >= 11 is -0.611. The van der Waals surface area contributed by atoms with Crippen molar-refractivity contribution in [3.8, 4) is 17.2 Å². The molecule has 0 unspecified atom stereocenters. The molecule has 0 amide bonds. The Kier molecular flexibility index (Phi) is 10.1. The number of fused-ring (bicyclic) bond motifs is 1. The van der Waals surface area contributed by atoms with Crippen LogP contribution in [-0.2, 0) is 17.7 Å². The molecular weight excluding hydrogens is 434 g/mol. The fourth-order valence-corrected chi connectivity index (χ4v) is 3.06. The molecule has 0 spiro atoms. The maximum atomic E-state index is 9.56. The highest BCUT2D eigenvalue weighted by atomic mass is 32.2. The summed E-state index contributed by atoms with van der Waals surface area (Å²) in [7, 11) is 4.75. The predicted molar refractivity (Wildman–Crippen MR) is 130 cm³/mol. The first kappa shape index (κ1) is 26.9. The predicted octanol–water partition coefficient (Wildman–Crippen LogP) is 1.91. The summed E-state index contributed by atoms with van der Waals surface area (Å²) in [5.41, 5.74) is 15.4. The van der Waals surface area contributed by atoms with Gasteiger partial charge in [-0.05, 0) is 24.1 Å². The summed E-state index contributed by atoms with van der Waals surface area (Å²) in [6, 6.07) is 7.60. The molecule has 32 heavy (non-hydrogen) atoms. The zero-order valence-corrected chi connectivity index (χ0v) is 19.9. The van der Waals surface area contributed by atoms with Crippen molar-refractivity contribution in [2.75, 3.05) is 50.6 Å². The van der Waals surface area contributed by atoms with Crippen LogP contribution in [0, 0.1) is 6.92 Å². The number of rotatable bonds is 6. The van der Waals surface area contributed by atoms with E-state index in [4.69, 9.17) is 25.7 Å². The molecule has 0 radical (unpaired) electrons. The van der Waals surface area contributed by atoms with E-state index >= 15 is 0 Å². The van der Waals surface area contributed by atoms with Crippen molar-refractivity contribution >= 4 is 39.5 Å². The van der Waals surface area contributed by atoms with Gasteiger partial charge in [0, 0.05) is 29.8 Å². The summed E-state index contributed by atoms with van der Waals surface area (Å²) in [5.74, 6) is 2.27. The Morgan fingerprint density at radius 1 is 1.00 bits per heavy atom. The Labute approximate surface area is 190 Å². The van der Waals surface area contributed by atoms with Crippen LogP contribution < -0.4 is 31.0 Å². The van der Waals surface area contributed by atoms with E-state index in [2.05, 4.69) is 15.3 Å². The number of ether oxygens (including phenoxy) is 3. The number of methoxy groups -OCH3 is 3. The second kappa shape index (κ2) is 12.0. The number of nitrogens with zero attached hydrogens (tertiary/aromatic N) is 2. The molecule has 3 rings (SSSR count). The molecule has 0 saturated heterocycles. The fourth-order valence-electron chi connectivity index (χ4n) is 3.06. The Hall–Kier alpha value is -3.15. The number of hydrogen-bond donors (Lipinski definition) is 3. The molecule has 0 aliphatic heterocycles. The normalized spacial score (nSPS) is 10.1. The summed E-state index contributed by atoms with van der Waals surface area (Å²) in [6.07, 6.45) is 3.28. The standard InChI is InChI=1S/C19H23N5O3.C2H6OS.H2O/c1-10-11(5-6-13-16(10)18(20)24-19(21)23-13)9-22-12-7-14(25-2)17(27-4)15(8-12)26-3;1-4(2)3;/h5-8,22H,9H2,1-4H3,(H4,20,21,23,24);1-2H3;1H2. The molecule has 176 valence electrons. The minimum absolute atomic E-state index is 0. The first-order chi connectivity index (χ1) is 14.7. The molecule has 0 fully saturated rings. The van der Waals surface area contributed by atoms with Crippen LogP contribution in [0.15, 0.2) is 24.3 Å². The molecule has 0 aliphatic rings. The van der Waals surface area contributed by atoms with Gasteiger partial charge in [-0.3, -0.25) is 0 Å². The van der Waals surface area contributed by atoms with E-state index in [-0.39, 0.29) is 11.4 Å². The van der Waals surface area contributed by atoms with E-state index in [1.54, 1.807) is 33.8 Å². The number of nitrogens with two attached hydrogens (primary N) is 2. The Morgan fingerprint density at radius 2 is 1.56 bits per heavy atom. The first-order valence-electron chi connectivity index (χ1n) is 9.31. The van der Waals surface area contributed by atoms with E-state index < -0.39 is 11.2 Å². The quantitative estimate of drug-likeness (QED) is 0.460. The van der Waals surface area contributed by atoms with Gasteiger partial charge in [0.15, 0.2) is 11.5 Å². The van der Waals surface area contributed by atoms with Gasteiger partial charge in [0.2, 0.25) is 11.7 Å². The van der Waals surface area contributed by atoms with Crippen molar-refractivity contribution in [3.63, 3.8) is 0 Å². The number of benzene rings is 2. The van der Waals surface area contributed by atoms with Gasteiger partial charge in [-0.15, -0.1) is 0 Å². The third-order valence-corrected chi connectivity index (χ3v) is 4.43. The zero-order chi connectivity index (χ0) is 23.1. The van der Waals surface area contributed by atoms with Crippen molar-refractivity contribution in [2.24, 2.45) is 0 Å². The van der Waals surface area contributed by atoms with E-state index in [0.29, 0.717) is 29.6 Å². The summed E-state index contributed by atoms with van der Waals surface area (Å²) in [6.45, 7) is 2.56. The Morgan fingerprint density at radius 3 is 2.06 bits per heavy atom. The lowest BCUT2D eigenvalue weighted by Gasteiger charge is -2.16. The second-order valence-electron chi connectivity index (χ2n) is 6.72. The lowest BCUT2D eigenvalue weighted by Crippen LogP contribution is -2.06. The molecule has 11 heteroatoms. The van der Waals surface area contributed by atoms with Gasteiger partial charge in [-0.25, -0.2) is 4.98 Å². The van der Waals surface area contributed by atoms with Gasteiger partial charge in [0.1, 0.15) is 5.82 Å². The van der Waals surface area contributed by atoms with E-state index in [1.807, 2.05) is 31.2 Å². The van der Waals surface area contributed by atoms with Crippen LogP contribution in [0.3, 0.4) is 0 Å². The molecule has 3 aromatic rings. The lowest BCUT2D eigenvalue weighted by atomic mass is 10.0. The maximum absolute atomic E-state index is 9.56. The minimum atomic E-state index is -0.611. The average molecular weight is 466 g/mol. The van der Waals surface area contributed by atoms with Crippen LogP contribution in [0.2, 0.25) is 0 Å². The van der Waals surface area contributed by atoms with Crippen LogP contribution in [0.5, 0.6) is 17.2 Å². The lowest BCUT2D eigenvalue weighted by molar-refractivity contribution is 0.324. The van der Waals surface area contributed by atoms with Crippen molar-refractivity contribution in [2.45, 2.75) is 13.5 Å². The second-order valence-corrected chi connectivity index (χ2v) is 8.20. The van der Waals surface area contributed by atoms with Crippen LogP contribution in [0.1, 0.15) is 11.1 Å². The van der Waals surface area contributed by atoms with E-state index in [9.17, 15) is 4.55 Å². The highest BCUT2D eigenvalue weighted by molar-refractivity contribution is 7.89. The minimum Gasteiger partial charge on any atom is -0.617 e. The molecule has 0 atom stereocenters. The number of hydrogen-bond acceptors (Lipinski definition) is 9. The maximum Gasteiger partial charge on any atom is 0.222 e. The largest absolute Gasteiger partial charge is 0.617 e. The van der Waals surface area contributed by atoms with Crippen LogP contribution >= 0.6 is 0 Å². The third kappa shape index (κ3) is 6.42. The number of nitrogen functional groups attached to an aromatic ring is 2. The molecule has 1 heterocycles. The first-order valence-corrected chi connectivity index (χ1v) is 11.3. The Bertz CT molecular complexity index is 1020. The molecule has 1 aromatic heterocycles. The van der Waals surface area contributed by atoms with Crippen LogP contribution in [0.4, 0.5) is 17.5 Å². The summed E-state index contributed by atoms with van der Waals surface area (Å²) in [4.78, 5) is 8.30. The van der Waals surface area contributed by atoms with Gasteiger partial charge < -0.3 is 41.0 Å². The molecule has 0 aliphatic carbocycles. The van der Waals surface area contributed by atoms with Gasteiger partial charge in [-0.1, -0.05) is 17.2 Å². The molecule has 0 saturated carbocycles. The number of anilines is 3. The molecular formula is C21H31N5O5S. The van der Waals surface area contributed by atoms with Crippen molar-refractivity contribution in [1.29, 1.82) is 0 Å². The number of aryl methyl sites for hydroxylation is 1. The van der Waals surface area contributed by atoms with Crippen LogP contribution in [0.25, 0.3) is 10.9 Å². The number of nitrogens with one attached hydrogen (secondary N) is 1. The third-order valence-electron chi connectivity index (χ3n) is 4.43. The van der Waals surface area contributed by atoms with Gasteiger partial charge in [0.25, 0.3) is 0 Å². The molecule has 0 bridgehead atoms. The average Bonchev–Trinajstić information content (AvgIpc) is 2.71. The Balaban J connectivity index is 0.000000945. The van der Waals surface area contributed by atoms with Gasteiger partial charge in [-0.2, -0.15) is 4.98 Å². The van der Waals surface area contributed by atoms with Gasteiger partial charge >= 0.3 is 0 Å². The molecule has 2 aromatic carbocycles. The highest BCUT2D eigenvalue weighted by Gasteiger charge is 2.14. The monoisotopic (exact) mass is 465 g/mol. The fraction of sp³-hybridized carbons (Fsp3) is 0.333. The summed E-state index contributed by atoms with van der Waals surface area (Å²) in [5, 5.41) is 4.19. The van der Waals surface area contributed by atoms with Crippen molar-refractivity contribution in [3.05, 3.63) is 35.4 Å².